The van der Waals surface area contributed by atoms with Gasteiger partial charge < -0.3 is 10.1 Å². The summed E-state index contributed by atoms with van der Waals surface area (Å²) in [4.78, 5) is 10.1. The fraction of sp³-hybridized carbons (Fsp3) is 0.417. The van der Waals surface area contributed by atoms with E-state index in [1.807, 2.05) is 6.07 Å². The van der Waals surface area contributed by atoms with Crippen LogP contribution in [0.15, 0.2) is 24.3 Å². The normalized spacial score (nSPS) is 10.1. The van der Waals surface area contributed by atoms with Crippen LogP contribution in [0.2, 0.25) is 0 Å². The van der Waals surface area contributed by atoms with Crippen molar-refractivity contribution < 1.29 is 4.79 Å². The third-order valence-corrected chi connectivity index (χ3v) is 2.25. The molecule has 0 saturated carbocycles. The molecule has 76 valence electrons. The molecule has 0 heterocycles. The Morgan fingerprint density at radius 2 is 2.14 bits per heavy atom. The summed E-state index contributed by atoms with van der Waals surface area (Å²) in [7, 11) is 0. The van der Waals surface area contributed by atoms with Gasteiger partial charge >= 0.3 is 0 Å². The van der Waals surface area contributed by atoms with Gasteiger partial charge in [-0.2, -0.15) is 0 Å². The largest absolute Gasteiger partial charge is 0.313 e. The van der Waals surface area contributed by atoms with Gasteiger partial charge in [0.1, 0.15) is 6.29 Å². The molecule has 1 aromatic carbocycles. The zero-order chi connectivity index (χ0) is 10.2. The minimum atomic E-state index is 0.654. The standard InChI is InChI=1S/C12H17NO/c1-11-6-2-3-7-12(11)10-13-8-4-5-9-14/h2-3,6-7,9,13H,4-5,8,10H2,1H3. The second-order valence-corrected chi connectivity index (χ2v) is 3.41. The molecule has 14 heavy (non-hydrogen) atoms. The van der Waals surface area contributed by atoms with Gasteiger partial charge in [-0.1, -0.05) is 24.3 Å². The van der Waals surface area contributed by atoms with E-state index in [4.69, 9.17) is 0 Å². The van der Waals surface area contributed by atoms with Crippen molar-refractivity contribution in [3.05, 3.63) is 35.4 Å². The molecule has 0 fully saturated rings. The minimum absolute atomic E-state index is 0.654. The van der Waals surface area contributed by atoms with Crippen molar-refractivity contribution in [2.75, 3.05) is 6.54 Å². The molecule has 0 amide bonds. The van der Waals surface area contributed by atoms with E-state index in [9.17, 15) is 4.79 Å². The van der Waals surface area contributed by atoms with Gasteiger partial charge in [0.2, 0.25) is 0 Å². The maximum Gasteiger partial charge on any atom is 0.120 e. The first-order valence-corrected chi connectivity index (χ1v) is 5.03. The van der Waals surface area contributed by atoms with Gasteiger partial charge in [0, 0.05) is 13.0 Å². The summed E-state index contributed by atoms with van der Waals surface area (Å²) in [5.74, 6) is 0. The predicted octanol–water partition coefficient (Wildman–Crippen LogP) is 2.06. The first-order valence-electron chi connectivity index (χ1n) is 5.03. The monoisotopic (exact) mass is 191 g/mol. The van der Waals surface area contributed by atoms with Gasteiger partial charge in [-0.3, -0.25) is 0 Å². The molecule has 0 bridgehead atoms. The lowest BCUT2D eigenvalue weighted by atomic mass is 10.1. The Morgan fingerprint density at radius 1 is 1.36 bits per heavy atom. The Bertz CT molecular complexity index is 283. The number of aldehydes is 1. The lowest BCUT2D eigenvalue weighted by molar-refractivity contribution is -0.107. The van der Waals surface area contributed by atoms with Crippen LogP contribution in [-0.4, -0.2) is 12.8 Å². The first kappa shape index (κ1) is 10.9. The highest BCUT2D eigenvalue weighted by Gasteiger charge is 1.95. The number of aryl methyl sites for hydroxylation is 1. The molecule has 0 unspecified atom stereocenters. The third kappa shape index (κ3) is 3.71. The highest BCUT2D eigenvalue weighted by Crippen LogP contribution is 2.05. The number of benzene rings is 1. The zero-order valence-corrected chi connectivity index (χ0v) is 8.62. The summed E-state index contributed by atoms with van der Waals surface area (Å²) in [5.41, 5.74) is 2.65. The van der Waals surface area contributed by atoms with Gasteiger partial charge in [-0.15, -0.1) is 0 Å². The lowest BCUT2D eigenvalue weighted by Gasteiger charge is -2.06. The number of unbranched alkanes of at least 4 members (excludes halogenated alkanes) is 1. The van der Waals surface area contributed by atoms with Crippen molar-refractivity contribution in [2.24, 2.45) is 0 Å². The van der Waals surface area contributed by atoms with Crippen LogP contribution in [-0.2, 0) is 11.3 Å². The van der Waals surface area contributed by atoms with Gasteiger partial charge in [0.15, 0.2) is 0 Å². The van der Waals surface area contributed by atoms with E-state index in [-0.39, 0.29) is 0 Å². The highest BCUT2D eigenvalue weighted by atomic mass is 16.1. The average Bonchev–Trinajstić information content (AvgIpc) is 2.20. The number of carbonyl (C=O) groups excluding carboxylic acids is 1. The summed E-state index contributed by atoms with van der Waals surface area (Å²) in [6.45, 7) is 3.92. The summed E-state index contributed by atoms with van der Waals surface area (Å²) in [6, 6.07) is 8.34. The first-order chi connectivity index (χ1) is 6.84. The molecule has 2 heteroatoms. The fourth-order valence-electron chi connectivity index (χ4n) is 1.34. The van der Waals surface area contributed by atoms with E-state index in [2.05, 4.69) is 30.4 Å². The van der Waals surface area contributed by atoms with Crippen LogP contribution < -0.4 is 5.32 Å². The molecule has 0 aromatic heterocycles. The van der Waals surface area contributed by atoms with E-state index in [1.54, 1.807) is 0 Å². The van der Waals surface area contributed by atoms with Gasteiger partial charge in [-0.05, 0) is 31.0 Å². The molecule has 0 aliphatic rings. The third-order valence-electron chi connectivity index (χ3n) is 2.25. The van der Waals surface area contributed by atoms with Crippen molar-refractivity contribution in [2.45, 2.75) is 26.3 Å². The van der Waals surface area contributed by atoms with Gasteiger partial charge in [0.25, 0.3) is 0 Å². The number of hydrogen-bond donors (Lipinski definition) is 1. The topological polar surface area (TPSA) is 29.1 Å². The van der Waals surface area contributed by atoms with Crippen molar-refractivity contribution in [1.82, 2.24) is 5.32 Å². The number of rotatable bonds is 6. The van der Waals surface area contributed by atoms with Crippen LogP contribution in [0, 0.1) is 6.92 Å². The lowest BCUT2D eigenvalue weighted by Crippen LogP contribution is -2.15. The molecule has 2 nitrogen and oxygen atoms in total. The molecular weight excluding hydrogens is 174 g/mol. The zero-order valence-electron chi connectivity index (χ0n) is 8.62. The van der Waals surface area contributed by atoms with Crippen LogP contribution in [0.4, 0.5) is 0 Å². The summed E-state index contributed by atoms with van der Waals surface area (Å²) in [5, 5.41) is 3.32. The molecule has 1 N–H and O–H groups in total. The van der Waals surface area contributed by atoms with E-state index in [0.717, 1.165) is 25.8 Å². The Kier molecular flexibility index (Phi) is 4.94. The maximum atomic E-state index is 10.1. The quantitative estimate of drug-likeness (QED) is 0.551. The van der Waals surface area contributed by atoms with Crippen molar-refractivity contribution in [3.63, 3.8) is 0 Å². The van der Waals surface area contributed by atoms with Crippen LogP contribution in [0.3, 0.4) is 0 Å². The second kappa shape index (κ2) is 6.33. The van der Waals surface area contributed by atoms with E-state index >= 15 is 0 Å². The highest BCUT2D eigenvalue weighted by molar-refractivity contribution is 5.48. The summed E-state index contributed by atoms with van der Waals surface area (Å²) in [6.07, 6.45) is 2.55. The van der Waals surface area contributed by atoms with Crippen LogP contribution >= 0.6 is 0 Å². The van der Waals surface area contributed by atoms with Crippen LogP contribution in [0.5, 0.6) is 0 Å². The molecule has 0 saturated heterocycles. The molecule has 0 aliphatic carbocycles. The van der Waals surface area contributed by atoms with Gasteiger partial charge in [0.05, 0.1) is 0 Å². The summed E-state index contributed by atoms with van der Waals surface area (Å²) < 4.78 is 0. The van der Waals surface area contributed by atoms with Crippen molar-refractivity contribution >= 4 is 6.29 Å². The molecule has 0 radical (unpaired) electrons. The number of carbonyl (C=O) groups is 1. The second-order valence-electron chi connectivity index (χ2n) is 3.41. The fourth-order valence-corrected chi connectivity index (χ4v) is 1.34. The van der Waals surface area contributed by atoms with Crippen LogP contribution in [0.1, 0.15) is 24.0 Å². The van der Waals surface area contributed by atoms with E-state index < -0.39 is 0 Å². The molecule has 0 aliphatic heterocycles. The van der Waals surface area contributed by atoms with Crippen molar-refractivity contribution in [3.8, 4) is 0 Å². The molecule has 0 spiro atoms. The maximum absolute atomic E-state index is 10.1. The van der Waals surface area contributed by atoms with Gasteiger partial charge in [-0.25, -0.2) is 0 Å². The number of nitrogens with one attached hydrogen (secondary N) is 1. The minimum Gasteiger partial charge on any atom is -0.313 e. The SMILES string of the molecule is Cc1ccccc1CNCCCC=O. The Balaban J connectivity index is 2.24. The summed E-state index contributed by atoms with van der Waals surface area (Å²) >= 11 is 0. The Morgan fingerprint density at radius 3 is 2.86 bits per heavy atom. The predicted molar refractivity (Wildman–Crippen MR) is 58.2 cm³/mol. The Hall–Kier alpha value is -1.15. The average molecular weight is 191 g/mol. The molecular formula is C12H17NO. The van der Waals surface area contributed by atoms with Crippen LogP contribution in [0.25, 0.3) is 0 Å². The van der Waals surface area contributed by atoms with E-state index in [1.165, 1.54) is 11.1 Å². The number of hydrogen-bond acceptors (Lipinski definition) is 2. The van der Waals surface area contributed by atoms with E-state index in [0.29, 0.717) is 6.42 Å². The Labute approximate surface area is 85.3 Å². The van der Waals surface area contributed by atoms with Crippen molar-refractivity contribution in [1.29, 1.82) is 0 Å². The molecule has 0 atom stereocenters. The molecule has 1 aromatic rings. The molecule has 1 rings (SSSR count). The smallest absolute Gasteiger partial charge is 0.120 e.